The Bertz CT molecular complexity index is 893. The first-order chi connectivity index (χ1) is 12.5. The summed E-state index contributed by atoms with van der Waals surface area (Å²) >= 11 is 0. The van der Waals surface area contributed by atoms with E-state index in [2.05, 4.69) is 20.8 Å². The van der Waals surface area contributed by atoms with Gasteiger partial charge in [-0.2, -0.15) is 0 Å². The first kappa shape index (κ1) is 17.5. The van der Waals surface area contributed by atoms with Crippen LogP contribution in [0.5, 0.6) is 5.75 Å². The second kappa shape index (κ2) is 7.73. The molecule has 1 amide bonds. The molecule has 0 aliphatic rings. The van der Waals surface area contributed by atoms with Crippen molar-refractivity contribution in [1.29, 1.82) is 0 Å². The standard InChI is InChI=1S/C18H18FN5O2/c1-12(2)24-17(21-22-23-24)11-26-16-8-6-13(7-9-16)18(25)20-15-5-3-4-14(19)10-15/h3-10,12H,11H2,1-2H3,(H,20,25). The van der Waals surface area contributed by atoms with Gasteiger partial charge >= 0.3 is 0 Å². The van der Waals surface area contributed by atoms with Crippen molar-refractivity contribution in [1.82, 2.24) is 20.2 Å². The minimum Gasteiger partial charge on any atom is -0.486 e. The Balaban J connectivity index is 1.61. The Kier molecular flexibility index (Phi) is 5.21. The van der Waals surface area contributed by atoms with E-state index >= 15 is 0 Å². The molecule has 0 saturated heterocycles. The van der Waals surface area contributed by atoms with Crippen LogP contribution in [-0.4, -0.2) is 26.1 Å². The van der Waals surface area contributed by atoms with Gasteiger partial charge in [0.1, 0.15) is 18.2 Å². The van der Waals surface area contributed by atoms with Crippen LogP contribution < -0.4 is 10.1 Å². The van der Waals surface area contributed by atoms with Crippen molar-refractivity contribution in [2.45, 2.75) is 26.5 Å². The monoisotopic (exact) mass is 355 g/mol. The van der Waals surface area contributed by atoms with Crippen molar-refractivity contribution in [3.8, 4) is 5.75 Å². The lowest BCUT2D eigenvalue weighted by atomic mass is 10.2. The zero-order valence-corrected chi connectivity index (χ0v) is 14.4. The molecule has 0 atom stereocenters. The Morgan fingerprint density at radius 3 is 2.69 bits per heavy atom. The molecule has 3 rings (SSSR count). The molecule has 0 spiro atoms. The number of hydrogen-bond acceptors (Lipinski definition) is 5. The average molecular weight is 355 g/mol. The fourth-order valence-electron chi connectivity index (χ4n) is 2.33. The number of tetrazole rings is 1. The summed E-state index contributed by atoms with van der Waals surface area (Å²) in [5, 5.41) is 14.1. The van der Waals surface area contributed by atoms with Gasteiger partial charge in [0.25, 0.3) is 5.91 Å². The number of rotatable bonds is 6. The second-order valence-electron chi connectivity index (χ2n) is 5.91. The first-order valence-corrected chi connectivity index (χ1v) is 8.09. The molecule has 7 nitrogen and oxygen atoms in total. The number of halogens is 1. The number of ether oxygens (including phenoxy) is 1. The molecule has 8 heteroatoms. The third-order valence-electron chi connectivity index (χ3n) is 3.62. The molecule has 0 aliphatic heterocycles. The van der Waals surface area contributed by atoms with Crippen LogP contribution in [0.25, 0.3) is 0 Å². The number of hydrogen-bond donors (Lipinski definition) is 1. The summed E-state index contributed by atoms with van der Waals surface area (Å²) in [6, 6.07) is 12.5. The lowest BCUT2D eigenvalue weighted by molar-refractivity contribution is 0.102. The quantitative estimate of drug-likeness (QED) is 0.734. The van der Waals surface area contributed by atoms with Gasteiger partial charge in [0.05, 0.1) is 6.04 Å². The van der Waals surface area contributed by atoms with E-state index < -0.39 is 5.82 Å². The maximum absolute atomic E-state index is 13.2. The third kappa shape index (κ3) is 4.21. The molecule has 0 fully saturated rings. The SMILES string of the molecule is CC(C)n1nnnc1COc1ccc(C(=O)Nc2cccc(F)c2)cc1. The van der Waals surface area contributed by atoms with Crippen molar-refractivity contribution in [3.63, 3.8) is 0 Å². The number of carbonyl (C=O) groups is 1. The molecular formula is C18H18FN5O2. The molecule has 134 valence electrons. The van der Waals surface area contributed by atoms with Gasteiger partial charge in [0, 0.05) is 11.3 Å². The molecule has 1 heterocycles. The molecule has 1 N–H and O–H groups in total. The Morgan fingerprint density at radius 1 is 1.23 bits per heavy atom. The molecule has 0 unspecified atom stereocenters. The first-order valence-electron chi connectivity index (χ1n) is 8.09. The fourth-order valence-corrected chi connectivity index (χ4v) is 2.33. The minimum atomic E-state index is -0.407. The number of amides is 1. The van der Waals surface area contributed by atoms with Crippen LogP contribution in [0, 0.1) is 5.82 Å². The van der Waals surface area contributed by atoms with E-state index in [9.17, 15) is 9.18 Å². The van der Waals surface area contributed by atoms with E-state index in [-0.39, 0.29) is 18.6 Å². The maximum atomic E-state index is 13.2. The summed E-state index contributed by atoms with van der Waals surface area (Å²) in [4.78, 5) is 12.2. The van der Waals surface area contributed by atoms with Crippen molar-refractivity contribution in [2.75, 3.05) is 5.32 Å². The van der Waals surface area contributed by atoms with Crippen LogP contribution in [0.2, 0.25) is 0 Å². The van der Waals surface area contributed by atoms with Crippen LogP contribution in [0.15, 0.2) is 48.5 Å². The normalized spacial score (nSPS) is 10.8. The van der Waals surface area contributed by atoms with Gasteiger partial charge in [-0.15, -0.1) is 5.10 Å². The predicted molar refractivity (Wildman–Crippen MR) is 93.3 cm³/mol. The van der Waals surface area contributed by atoms with E-state index in [1.54, 1.807) is 35.0 Å². The summed E-state index contributed by atoms with van der Waals surface area (Å²) < 4.78 is 20.5. The van der Waals surface area contributed by atoms with Crippen LogP contribution in [0.3, 0.4) is 0 Å². The van der Waals surface area contributed by atoms with Crippen molar-refractivity contribution in [3.05, 3.63) is 65.7 Å². The van der Waals surface area contributed by atoms with Crippen LogP contribution in [0.1, 0.15) is 36.1 Å². The van der Waals surface area contributed by atoms with Gasteiger partial charge in [0.15, 0.2) is 5.82 Å². The van der Waals surface area contributed by atoms with Crippen LogP contribution in [0.4, 0.5) is 10.1 Å². The molecule has 0 radical (unpaired) electrons. The second-order valence-corrected chi connectivity index (χ2v) is 5.91. The highest BCUT2D eigenvalue weighted by Gasteiger charge is 2.11. The largest absolute Gasteiger partial charge is 0.486 e. The highest BCUT2D eigenvalue weighted by molar-refractivity contribution is 6.04. The molecule has 2 aromatic carbocycles. The van der Waals surface area contributed by atoms with Crippen molar-refractivity contribution in [2.24, 2.45) is 0 Å². The van der Waals surface area contributed by atoms with Crippen molar-refractivity contribution < 1.29 is 13.9 Å². The number of aromatic nitrogens is 4. The van der Waals surface area contributed by atoms with Crippen LogP contribution in [-0.2, 0) is 6.61 Å². The smallest absolute Gasteiger partial charge is 0.255 e. The highest BCUT2D eigenvalue weighted by atomic mass is 19.1. The number of anilines is 1. The van der Waals surface area contributed by atoms with Gasteiger partial charge in [-0.05, 0) is 66.7 Å². The molecular weight excluding hydrogens is 337 g/mol. The lowest BCUT2D eigenvalue weighted by Gasteiger charge is -2.10. The van der Waals surface area contributed by atoms with E-state index in [1.165, 1.54) is 18.2 Å². The molecule has 3 aromatic rings. The van der Waals surface area contributed by atoms with E-state index in [0.29, 0.717) is 22.8 Å². The van der Waals surface area contributed by atoms with Crippen LogP contribution >= 0.6 is 0 Å². The number of nitrogens with one attached hydrogen (secondary N) is 1. The maximum Gasteiger partial charge on any atom is 0.255 e. The van der Waals surface area contributed by atoms with E-state index in [1.807, 2.05) is 13.8 Å². The van der Waals surface area contributed by atoms with E-state index in [4.69, 9.17) is 4.74 Å². The molecule has 1 aromatic heterocycles. The van der Waals surface area contributed by atoms with E-state index in [0.717, 1.165) is 0 Å². The summed E-state index contributed by atoms with van der Waals surface area (Å²) in [7, 11) is 0. The highest BCUT2D eigenvalue weighted by Crippen LogP contribution is 2.16. The molecule has 0 bridgehead atoms. The number of nitrogens with zero attached hydrogens (tertiary/aromatic N) is 4. The summed E-state index contributed by atoms with van der Waals surface area (Å²) in [5.74, 6) is 0.472. The van der Waals surface area contributed by atoms with Gasteiger partial charge in [-0.25, -0.2) is 9.07 Å². The number of benzene rings is 2. The van der Waals surface area contributed by atoms with Gasteiger partial charge in [-0.3, -0.25) is 4.79 Å². The molecule has 0 saturated carbocycles. The van der Waals surface area contributed by atoms with Crippen molar-refractivity contribution >= 4 is 11.6 Å². The Labute approximate surface area is 149 Å². The molecule has 0 aliphatic carbocycles. The topological polar surface area (TPSA) is 81.9 Å². The van der Waals surface area contributed by atoms with Gasteiger partial charge in [-0.1, -0.05) is 6.07 Å². The third-order valence-corrected chi connectivity index (χ3v) is 3.62. The lowest BCUT2D eigenvalue weighted by Crippen LogP contribution is -2.12. The summed E-state index contributed by atoms with van der Waals surface area (Å²) in [5.41, 5.74) is 0.837. The Hall–Kier alpha value is -3.29. The summed E-state index contributed by atoms with van der Waals surface area (Å²) in [6.45, 7) is 4.18. The zero-order chi connectivity index (χ0) is 18.5. The fraction of sp³-hybridized carbons (Fsp3) is 0.222. The minimum absolute atomic E-state index is 0.137. The summed E-state index contributed by atoms with van der Waals surface area (Å²) in [6.07, 6.45) is 0. The van der Waals surface area contributed by atoms with Gasteiger partial charge < -0.3 is 10.1 Å². The zero-order valence-electron chi connectivity index (χ0n) is 14.4. The van der Waals surface area contributed by atoms with Gasteiger partial charge in [0.2, 0.25) is 0 Å². The average Bonchev–Trinajstić information content (AvgIpc) is 3.09. The number of carbonyl (C=O) groups excluding carboxylic acids is 1. The molecule has 26 heavy (non-hydrogen) atoms. The Morgan fingerprint density at radius 2 is 2.00 bits per heavy atom. The predicted octanol–water partition coefficient (Wildman–Crippen LogP) is 3.22.